The van der Waals surface area contributed by atoms with Gasteiger partial charge in [-0.05, 0) is 25.0 Å². The fourth-order valence-electron chi connectivity index (χ4n) is 1.85. The van der Waals surface area contributed by atoms with E-state index in [-0.39, 0.29) is 30.6 Å². The molecule has 0 aromatic heterocycles. The number of hydrogen-bond acceptors (Lipinski definition) is 2. The van der Waals surface area contributed by atoms with Crippen molar-refractivity contribution in [2.24, 2.45) is 10.7 Å². The first kappa shape index (κ1) is 22.0. The summed E-state index contributed by atoms with van der Waals surface area (Å²) in [5.74, 6) is 0.489. The summed E-state index contributed by atoms with van der Waals surface area (Å²) < 4.78 is 40.5. The van der Waals surface area contributed by atoms with Gasteiger partial charge in [0.2, 0.25) is 0 Å². The quantitative estimate of drug-likeness (QED) is 0.397. The molecule has 0 saturated heterocycles. The van der Waals surface area contributed by atoms with Crippen LogP contribution in [0.4, 0.5) is 13.2 Å². The smallest absolute Gasteiger partial charge is 0.370 e. The SMILES string of the molecule is CCN(CC)C(N)=NCc1ccc(COCC(F)(F)F)cc1.I. The number of benzene rings is 1. The molecule has 1 aromatic carbocycles. The molecule has 0 aliphatic carbocycles. The van der Waals surface area contributed by atoms with Crippen molar-refractivity contribution in [3.05, 3.63) is 35.4 Å². The summed E-state index contributed by atoms with van der Waals surface area (Å²) in [5.41, 5.74) is 7.50. The third kappa shape index (κ3) is 8.99. The highest BCUT2D eigenvalue weighted by Crippen LogP contribution is 2.16. The number of hydrogen-bond donors (Lipinski definition) is 1. The van der Waals surface area contributed by atoms with Crippen molar-refractivity contribution in [1.82, 2.24) is 4.90 Å². The number of nitrogens with zero attached hydrogens (tertiary/aromatic N) is 2. The van der Waals surface area contributed by atoms with E-state index in [1.807, 2.05) is 30.9 Å². The van der Waals surface area contributed by atoms with E-state index in [0.29, 0.717) is 18.1 Å². The Morgan fingerprint density at radius 2 is 1.65 bits per heavy atom. The molecule has 1 aromatic rings. The van der Waals surface area contributed by atoms with Gasteiger partial charge in [0.25, 0.3) is 0 Å². The number of rotatable bonds is 7. The van der Waals surface area contributed by atoms with Gasteiger partial charge in [0.15, 0.2) is 5.96 Å². The molecule has 4 nitrogen and oxygen atoms in total. The monoisotopic (exact) mass is 445 g/mol. The average Bonchev–Trinajstić information content (AvgIpc) is 2.46. The molecule has 0 heterocycles. The number of alkyl halides is 3. The van der Waals surface area contributed by atoms with E-state index >= 15 is 0 Å². The Kier molecular flexibility index (Phi) is 10.2. The van der Waals surface area contributed by atoms with Gasteiger partial charge < -0.3 is 15.4 Å². The van der Waals surface area contributed by atoms with Gasteiger partial charge in [-0.3, -0.25) is 0 Å². The van der Waals surface area contributed by atoms with Crippen LogP contribution in [0.15, 0.2) is 29.3 Å². The van der Waals surface area contributed by atoms with Crippen molar-refractivity contribution < 1.29 is 17.9 Å². The lowest BCUT2D eigenvalue weighted by Gasteiger charge is -2.19. The highest BCUT2D eigenvalue weighted by molar-refractivity contribution is 14.0. The minimum absolute atomic E-state index is 0. The zero-order chi connectivity index (χ0) is 16.6. The molecule has 0 aliphatic rings. The number of aliphatic imine (C=N–C) groups is 1. The molecule has 0 fully saturated rings. The lowest BCUT2D eigenvalue weighted by atomic mass is 10.1. The van der Waals surface area contributed by atoms with Gasteiger partial charge in [0.05, 0.1) is 13.2 Å². The van der Waals surface area contributed by atoms with E-state index < -0.39 is 12.8 Å². The zero-order valence-electron chi connectivity index (χ0n) is 13.3. The minimum Gasteiger partial charge on any atom is -0.370 e. The van der Waals surface area contributed by atoms with E-state index in [1.165, 1.54) is 0 Å². The third-order valence-electron chi connectivity index (χ3n) is 3.07. The second kappa shape index (κ2) is 10.7. The van der Waals surface area contributed by atoms with E-state index in [9.17, 15) is 13.2 Å². The molecule has 23 heavy (non-hydrogen) atoms. The molecule has 0 bridgehead atoms. The zero-order valence-corrected chi connectivity index (χ0v) is 15.6. The molecule has 1 rings (SSSR count). The Morgan fingerprint density at radius 3 is 2.13 bits per heavy atom. The maximum atomic E-state index is 12.0. The van der Waals surface area contributed by atoms with Crippen LogP contribution in [0.1, 0.15) is 25.0 Å². The lowest BCUT2D eigenvalue weighted by Crippen LogP contribution is -2.37. The second-order valence-corrected chi connectivity index (χ2v) is 4.77. The standard InChI is InChI=1S/C15H22F3N3O.HI/c1-3-21(4-2)14(19)20-9-12-5-7-13(8-6-12)10-22-11-15(16,17)18;/h5-8H,3-4,9-11H2,1-2H3,(H2,19,20);1H. The van der Waals surface area contributed by atoms with Gasteiger partial charge in [-0.15, -0.1) is 24.0 Å². The van der Waals surface area contributed by atoms with Gasteiger partial charge in [-0.2, -0.15) is 13.2 Å². The van der Waals surface area contributed by atoms with Crippen molar-refractivity contribution in [1.29, 1.82) is 0 Å². The first-order valence-corrected chi connectivity index (χ1v) is 7.13. The summed E-state index contributed by atoms with van der Waals surface area (Å²) in [7, 11) is 0. The highest BCUT2D eigenvalue weighted by atomic mass is 127. The van der Waals surface area contributed by atoms with E-state index in [0.717, 1.165) is 18.7 Å². The summed E-state index contributed by atoms with van der Waals surface area (Å²) in [4.78, 5) is 6.24. The Labute approximate surface area is 151 Å². The van der Waals surface area contributed by atoms with Crippen molar-refractivity contribution >= 4 is 29.9 Å². The molecule has 0 unspecified atom stereocenters. The molecule has 2 N–H and O–H groups in total. The fourth-order valence-corrected chi connectivity index (χ4v) is 1.85. The Hall–Kier alpha value is -1.03. The van der Waals surface area contributed by atoms with Crippen LogP contribution in [0.3, 0.4) is 0 Å². The second-order valence-electron chi connectivity index (χ2n) is 4.77. The first-order valence-electron chi connectivity index (χ1n) is 7.13. The normalized spacial score (nSPS) is 12.0. The van der Waals surface area contributed by atoms with Crippen LogP contribution in [-0.4, -0.2) is 36.7 Å². The maximum absolute atomic E-state index is 12.0. The lowest BCUT2D eigenvalue weighted by molar-refractivity contribution is -0.176. The number of ether oxygens (including phenoxy) is 1. The number of halogens is 4. The van der Waals surface area contributed by atoms with Crippen molar-refractivity contribution in [3.8, 4) is 0 Å². The predicted molar refractivity (Wildman–Crippen MR) is 95.8 cm³/mol. The molecular formula is C15H23F3IN3O. The Balaban J connectivity index is 0.00000484. The largest absolute Gasteiger partial charge is 0.411 e. The van der Waals surface area contributed by atoms with Gasteiger partial charge in [0, 0.05) is 13.1 Å². The maximum Gasteiger partial charge on any atom is 0.411 e. The van der Waals surface area contributed by atoms with Crippen LogP contribution < -0.4 is 5.73 Å². The molecule has 0 spiro atoms. The van der Waals surface area contributed by atoms with E-state index in [1.54, 1.807) is 12.1 Å². The Morgan fingerprint density at radius 1 is 1.13 bits per heavy atom. The van der Waals surface area contributed by atoms with E-state index in [4.69, 9.17) is 5.73 Å². The summed E-state index contributed by atoms with van der Waals surface area (Å²) in [6.45, 7) is 4.72. The van der Waals surface area contributed by atoms with Crippen molar-refractivity contribution in [2.45, 2.75) is 33.2 Å². The van der Waals surface area contributed by atoms with Gasteiger partial charge in [-0.1, -0.05) is 24.3 Å². The van der Waals surface area contributed by atoms with Gasteiger partial charge >= 0.3 is 6.18 Å². The molecule has 8 heteroatoms. The van der Waals surface area contributed by atoms with Crippen LogP contribution in [0.2, 0.25) is 0 Å². The van der Waals surface area contributed by atoms with Crippen LogP contribution in [0, 0.1) is 0 Å². The summed E-state index contributed by atoms with van der Waals surface area (Å²) in [6.07, 6.45) is -4.30. The summed E-state index contributed by atoms with van der Waals surface area (Å²) >= 11 is 0. The number of guanidine groups is 1. The molecule has 0 aliphatic heterocycles. The van der Waals surface area contributed by atoms with Crippen LogP contribution in [0.5, 0.6) is 0 Å². The van der Waals surface area contributed by atoms with Gasteiger partial charge in [-0.25, -0.2) is 4.99 Å². The summed E-state index contributed by atoms with van der Waals surface area (Å²) in [6, 6.07) is 7.08. The van der Waals surface area contributed by atoms with Crippen LogP contribution in [0.25, 0.3) is 0 Å². The van der Waals surface area contributed by atoms with Crippen LogP contribution in [-0.2, 0) is 17.9 Å². The molecule has 132 valence electrons. The molecule has 0 atom stereocenters. The predicted octanol–water partition coefficient (Wildman–Crippen LogP) is 3.54. The molecule has 0 radical (unpaired) electrons. The molecular weight excluding hydrogens is 422 g/mol. The summed E-state index contributed by atoms with van der Waals surface area (Å²) in [5, 5.41) is 0. The van der Waals surface area contributed by atoms with E-state index in [2.05, 4.69) is 9.73 Å². The third-order valence-corrected chi connectivity index (χ3v) is 3.07. The number of nitrogens with two attached hydrogens (primary N) is 1. The average molecular weight is 445 g/mol. The molecule has 0 amide bonds. The first-order chi connectivity index (χ1) is 10.4. The topological polar surface area (TPSA) is 50.8 Å². The molecule has 0 saturated carbocycles. The fraction of sp³-hybridized carbons (Fsp3) is 0.533. The van der Waals surface area contributed by atoms with Crippen LogP contribution >= 0.6 is 24.0 Å². The van der Waals surface area contributed by atoms with Crippen molar-refractivity contribution in [2.75, 3.05) is 19.7 Å². The minimum atomic E-state index is -4.30. The van der Waals surface area contributed by atoms with Gasteiger partial charge in [0.1, 0.15) is 6.61 Å². The Bertz CT molecular complexity index is 474. The van der Waals surface area contributed by atoms with Crippen molar-refractivity contribution in [3.63, 3.8) is 0 Å². The highest BCUT2D eigenvalue weighted by Gasteiger charge is 2.27.